The van der Waals surface area contributed by atoms with Gasteiger partial charge in [-0.15, -0.1) is 0 Å². The SMILES string of the molecule is CC(C)O[C@@H](C(=O)O[C@@H]1CCCC[C@H]1C(C)(C)c1ccc(C(C)C)cc1)c1ccccc1. The van der Waals surface area contributed by atoms with Crippen LogP contribution in [0.5, 0.6) is 0 Å². The molecule has 0 radical (unpaired) electrons. The lowest BCUT2D eigenvalue weighted by Crippen LogP contribution is -2.42. The van der Waals surface area contributed by atoms with E-state index in [0.717, 1.165) is 24.8 Å². The van der Waals surface area contributed by atoms with Gasteiger partial charge in [0.15, 0.2) is 6.10 Å². The summed E-state index contributed by atoms with van der Waals surface area (Å²) in [6, 6.07) is 18.7. The molecule has 0 N–H and O–H groups in total. The van der Waals surface area contributed by atoms with Crippen molar-refractivity contribution in [1.82, 2.24) is 0 Å². The van der Waals surface area contributed by atoms with Crippen LogP contribution in [-0.2, 0) is 19.7 Å². The minimum atomic E-state index is -0.688. The van der Waals surface area contributed by atoms with Gasteiger partial charge in [0.25, 0.3) is 0 Å². The fourth-order valence-corrected chi connectivity index (χ4v) is 4.96. The molecule has 1 aliphatic carbocycles. The second-order valence-corrected chi connectivity index (χ2v) is 10.3. The van der Waals surface area contributed by atoms with Gasteiger partial charge in [0.05, 0.1) is 6.10 Å². The van der Waals surface area contributed by atoms with Crippen LogP contribution in [0, 0.1) is 5.92 Å². The summed E-state index contributed by atoms with van der Waals surface area (Å²) in [6.45, 7) is 13.0. The zero-order valence-corrected chi connectivity index (χ0v) is 20.6. The first kappa shape index (κ1) is 24.5. The third kappa shape index (κ3) is 5.81. The normalized spacial score (nSPS) is 20.4. The topological polar surface area (TPSA) is 35.5 Å². The van der Waals surface area contributed by atoms with Crippen LogP contribution in [0.4, 0.5) is 0 Å². The molecule has 0 aliphatic heterocycles. The average Bonchev–Trinajstić information content (AvgIpc) is 2.78. The van der Waals surface area contributed by atoms with Crippen LogP contribution < -0.4 is 0 Å². The van der Waals surface area contributed by atoms with Gasteiger partial charge >= 0.3 is 5.97 Å². The molecule has 3 rings (SSSR count). The van der Waals surface area contributed by atoms with Crippen molar-refractivity contribution >= 4 is 5.97 Å². The van der Waals surface area contributed by atoms with E-state index < -0.39 is 6.10 Å². The van der Waals surface area contributed by atoms with Crippen molar-refractivity contribution in [2.75, 3.05) is 0 Å². The molecular weight excluding hydrogens is 396 g/mol. The maximum absolute atomic E-state index is 13.3. The van der Waals surface area contributed by atoms with Crippen LogP contribution >= 0.6 is 0 Å². The Labute approximate surface area is 194 Å². The molecule has 3 atom stereocenters. The number of rotatable bonds is 8. The summed E-state index contributed by atoms with van der Waals surface area (Å²) in [5.74, 6) is 0.528. The number of carbonyl (C=O) groups is 1. The fraction of sp³-hybridized carbons (Fsp3) is 0.552. The number of ether oxygens (including phenoxy) is 2. The molecule has 0 aromatic heterocycles. The van der Waals surface area contributed by atoms with Crippen molar-refractivity contribution < 1.29 is 14.3 Å². The first-order valence-corrected chi connectivity index (χ1v) is 12.2. The van der Waals surface area contributed by atoms with Gasteiger partial charge in [-0.3, -0.25) is 0 Å². The Morgan fingerprint density at radius 3 is 2.09 bits per heavy atom. The van der Waals surface area contributed by atoms with E-state index in [9.17, 15) is 4.79 Å². The second-order valence-electron chi connectivity index (χ2n) is 10.3. The largest absolute Gasteiger partial charge is 0.460 e. The minimum Gasteiger partial charge on any atom is -0.460 e. The van der Waals surface area contributed by atoms with Gasteiger partial charge in [-0.25, -0.2) is 4.79 Å². The van der Waals surface area contributed by atoms with Crippen molar-refractivity contribution in [2.45, 2.75) is 96.9 Å². The zero-order chi connectivity index (χ0) is 23.3. The molecule has 1 saturated carbocycles. The quantitative estimate of drug-likeness (QED) is 0.406. The third-order valence-electron chi connectivity index (χ3n) is 6.94. The monoisotopic (exact) mass is 436 g/mol. The van der Waals surface area contributed by atoms with Crippen molar-refractivity contribution in [3.05, 3.63) is 71.3 Å². The molecule has 0 saturated heterocycles. The standard InChI is InChI=1S/C29H40O3/c1-20(2)22-16-18-24(19-17-22)29(5,6)25-14-10-11-15-26(25)32-28(30)27(31-21(3)4)23-12-8-7-9-13-23/h7-9,12-13,16-21,25-27H,10-11,14-15H2,1-6H3/t25-,26-,27-/m1/s1. The van der Waals surface area contributed by atoms with Crippen molar-refractivity contribution in [2.24, 2.45) is 5.92 Å². The van der Waals surface area contributed by atoms with Gasteiger partial charge in [-0.2, -0.15) is 0 Å². The molecule has 3 nitrogen and oxygen atoms in total. The smallest absolute Gasteiger partial charge is 0.340 e. The van der Waals surface area contributed by atoms with Crippen LogP contribution in [0.2, 0.25) is 0 Å². The zero-order valence-electron chi connectivity index (χ0n) is 20.6. The van der Waals surface area contributed by atoms with Gasteiger partial charge in [0.2, 0.25) is 0 Å². The van der Waals surface area contributed by atoms with E-state index in [1.54, 1.807) is 0 Å². The molecule has 0 heterocycles. The molecule has 32 heavy (non-hydrogen) atoms. The molecule has 2 aromatic carbocycles. The maximum Gasteiger partial charge on any atom is 0.340 e. The lowest BCUT2D eigenvalue weighted by molar-refractivity contribution is -0.172. The Morgan fingerprint density at radius 2 is 1.50 bits per heavy atom. The molecule has 174 valence electrons. The molecule has 2 aromatic rings. The summed E-state index contributed by atoms with van der Waals surface area (Å²) in [5.41, 5.74) is 3.44. The van der Waals surface area contributed by atoms with Gasteiger partial charge in [-0.05, 0) is 61.1 Å². The van der Waals surface area contributed by atoms with E-state index in [2.05, 4.69) is 52.0 Å². The minimum absolute atomic E-state index is 0.0641. The summed E-state index contributed by atoms with van der Waals surface area (Å²) in [4.78, 5) is 13.3. The Morgan fingerprint density at radius 1 is 0.875 bits per heavy atom. The van der Waals surface area contributed by atoms with Crippen molar-refractivity contribution in [1.29, 1.82) is 0 Å². The number of benzene rings is 2. The van der Waals surface area contributed by atoms with E-state index in [1.165, 1.54) is 17.5 Å². The lowest BCUT2D eigenvalue weighted by Gasteiger charge is -2.42. The van der Waals surface area contributed by atoms with Gasteiger partial charge in [-0.1, -0.05) is 88.7 Å². The van der Waals surface area contributed by atoms with Gasteiger partial charge < -0.3 is 9.47 Å². The summed E-state index contributed by atoms with van der Waals surface area (Å²) in [5, 5.41) is 0. The van der Waals surface area contributed by atoms with E-state index in [4.69, 9.17) is 9.47 Å². The highest BCUT2D eigenvalue weighted by Crippen LogP contribution is 2.43. The maximum atomic E-state index is 13.3. The molecule has 0 bridgehead atoms. The van der Waals surface area contributed by atoms with Crippen LogP contribution in [0.15, 0.2) is 54.6 Å². The predicted octanol–water partition coefficient (Wildman–Crippen LogP) is 7.36. The number of esters is 1. The van der Waals surface area contributed by atoms with Crippen LogP contribution in [0.1, 0.15) is 95.9 Å². The lowest BCUT2D eigenvalue weighted by atomic mass is 9.66. The van der Waals surface area contributed by atoms with Crippen LogP contribution in [0.3, 0.4) is 0 Å². The van der Waals surface area contributed by atoms with Crippen LogP contribution in [0.25, 0.3) is 0 Å². The predicted molar refractivity (Wildman–Crippen MR) is 131 cm³/mol. The molecule has 3 heteroatoms. The van der Waals surface area contributed by atoms with E-state index in [1.807, 2.05) is 44.2 Å². The Kier molecular flexibility index (Phi) is 8.16. The first-order valence-electron chi connectivity index (χ1n) is 12.2. The van der Waals surface area contributed by atoms with E-state index >= 15 is 0 Å². The highest BCUT2D eigenvalue weighted by Gasteiger charge is 2.41. The number of hydrogen-bond donors (Lipinski definition) is 0. The molecule has 0 spiro atoms. The Bertz CT molecular complexity index is 852. The molecule has 1 fully saturated rings. The van der Waals surface area contributed by atoms with Crippen LogP contribution in [-0.4, -0.2) is 18.2 Å². The Hall–Kier alpha value is -2.13. The van der Waals surface area contributed by atoms with Crippen molar-refractivity contribution in [3.8, 4) is 0 Å². The summed E-state index contributed by atoms with van der Waals surface area (Å²) in [7, 11) is 0. The highest BCUT2D eigenvalue weighted by molar-refractivity contribution is 5.76. The first-order chi connectivity index (χ1) is 15.2. The summed E-state index contributed by atoms with van der Waals surface area (Å²) < 4.78 is 12.2. The summed E-state index contributed by atoms with van der Waals surface area (Å²) in [6.07, 6.45) is 3.40. The number of hydrogen-bond acceptors (Lipinski definition) is 3. The fourth-order valence-electron chi connectivity index (χ4n) is 4.96. The van der Waals surface area contributed by atoms with E-state index in [0.29, 0.717) is 5.92 Å². The van der Waals surface area contributed by atoms with Gasteiger partial charge in [0, 0.05) is 5.92 Å². The average molecular weight is 437 g/mol. The highest BCUT2D eigenvalue weighted by atomic mass is 16.6. The third-order valence-corrected chi connectivity index (χ3v) is 6.94. The molecule has 0 amide bonds. The molecular formula is C29H40O3. The summed E-state index contributed by atoms with van der Waals surface area (Å²) >= 11 is 0. The second kappa shape index (κ2) is 10.7. The molecule has 1 aliphatic rings. The van der Waals surface area contributed by atoms with Gasteiger partial charge in [0.1, 0.15) is 6.10 Å². The van der Waals surface area contributed by atoms with E-state index in [-0.39, 0.29) is 29.5 Å². The van der Waals surface area contributed by atoms with Crippen molar-refractivity contribution in [3.63, 3.8) is 0 Å². The Balaban J connectivity index is 1.81. The molecule has 0 unspecified atom stereocenters. The number of carbonyl (C=O) groups excluding carboxylic acids is 1.